The number of H-pyrrole nitrogens is 1. The lowest BCUT2D eigenvalue weighted by atomic mass is 10.1. The van der Waals surface area contributed by atoms with Gasteiger partial charge in [-0.1, -0.05) is 18.2 Å². The third kappa shape index (κ3) is 4.49. The number of aromatic nitrogens is 3. The van der Waals surface area contributed by atoms with Crippen molar-refractivity contribution in [1.29, 1.82) is 0 Å². The molecule has 8 nitrogen and oxygen atoms in total. The summed E-state index contributed by atoms with van der Waals surface area (Å²) in [4.78, 5) is 29.2. The predicted molar refractivity (Wildman–Crippen MR) is 109 cm³/mol. The fourth-order valence-corrected chi connectivity index (χ4v) is 3.16. The molecule has 1 aliphatic heterocycles. The number of carbonyl (C=O) groups excluding carboxylic acids is 2. The summed E-state index contributed by atoms with van der Waals surface area (Å²) < 4.78 is 5.39. The van der Waals surface area contributed by atoms with Crippen LogP contribution in [0.3, 0.4) is 0 Å². The molecule has 2 heterocycles. The summed E-state index contributed by atoms with van der Waals surface area (Å²) >= 11 is 0. The minimum Gasteiger partial charge on any atom is -0.368 e. The Hall–Kier alpha value is -3.52. The van der Waals surface area contributed by atoms with E-state index in [1.807, 2.05) is 25.1 Å². The molecule has 1 atom stereocenters. The highest BCUT2D eigenvalue weighted by molar-refractivity contribution is 6.05. The second-order valence-electron chi connectivity index (χ2n) is 6.85. The molecule has 2 aromatic carbocycles. The van der Waals surface area contributed by atoms with Crippen LogP contribution in [0.15, 0.2) is 48.5 Å². The predicted octanol–water partition coefficient (Wildman–Crippen LogP) is 3.15. The van der Waals surface area contributed by atoms with Gasteiger partial charge in [-0.05, 0) is 50.1 Å². The normalized spacial score (nSPS) is 15.8. The molecule has 3 N–H and O–H groups in total. The van der Waals surface area contributed by atoms with Crippen LogP contribution < -0.4 is 10.6 Å². The molecular weight excluding hydrogens is 370 g/mol. The number of amides is 2. The molecule has 29 heavy (non-hydrogen) atoms. The van der Waals surface area contributed by atoms with Crippen molar-refractivity contribution in [3.8, 4) is 11.4 Å². The number of rotatable bonds is 5. The SMILES string of the molecule is Cc1nc(-c2cccc(NC(=O)c3cccc(NC(=O)C4CCCO4)c3)c2)n[nH]1. The molecule has 4 rings (SSSR count). The first-order valence-electron chi connectivity index (χ1n) is 9.42. The molecule has 1 aliphatic rings. The Bertz CT molecular complexity index is 1040. The van der Waals surface area contributed by atoms with E-state index in [1.54, 1.807) is 30.3 Å². The highest BCUT2D eigenvalue weighted by atomic mass is 16.5. The van der Waals surface area contributed by atoms with Gasteiger partial charge in [0.1, 0.15) is 11.9 Å². The number of ether oxygens (including phenoxy) is 1. The number of benzene rings is 2. The fourth-order valence-electron chi connectivity index (χ4n) is 3.16. The molecule has 1 fully saturated rings. The summed E-state index contributed by atoms with van der Waals surface area (Å²) in [5.74, 6) is 0.824. The van der Waals surface area contributed by atoms with Crippen molar-refractivity contribution in [2.24, 2.45) is 0 Å². The number of hydrogen-bond donors (Lipinski definition) is 3. The molecule has 0 spiro atoms. The zero-order chi connectivity index (χ0) is 20.2. The largest absolute Gasteiger partial charge is 0.368 e. The summed E-state index contributed by atoms with van der Waals surface area (Å²) in [7, 11) is 0. The maximum Gasteiger partial charge on any atom is 0.255 e. The van der Waals surface area contributed by atoms with Gasteiger partial charge in [0, 0.05) is 29.1 Å². The van der Waals surface area contributed by atoms with E-state index in [-0.39, 0.29) is 11.8 Å². The van der Waals surface area contributed by atoms with Crippen LogP contribution in [0.4, 0.5) is 11.4 Å². The molecular formula is C21H21N5O3. The second kappa shape index (κ2) is 8.24. The molecule has 0 saturated carbocycles. The maximum atomic E-state index is 12.7. The van der Waals surface area contributed by atoms with Crippen LogP contribution in [-0.4, -0.2) is 39.7 Å². The van der Waals surface area contributed by atoms with Gasteiger partial charge >= 0.3 is 0 Å². The summed E-state index contributed by atoms with van der Waals surface area (Å²) in [6.45, 7) is 2.43. The smallest absolute Gasteiger partial charge is 0.255 e. The third-order valence-corrected chi connectivity index (χ3v) is 4.59. The summed E-state index contributed by atoms with van der Waals surface area (Å²) in [6.07, 6.45) is 1.18. The lowest BCUT2D eigenvalue weighted by molar-refractivity contribution is -0.124. The van der Waals surface area contributed by atoms with Gasteiger partial charge in [0.2, 0.25) is 0 Å². The highest BCUT2D eigenvalue weighted by Gasteiger charge is 2.23. The molecule has 2 amide bonds. The molecule has 0 aliphatic carbocycles. The van der Waals surface area contributed by atoms with Crippen LogP contribution in [0.25, 0.3) is 11.4 Å². The lowest BCUT2D eigenvalue weighted by Gasteiger charge is -2.11. The number of aryl methyl sites for hydroxylation is 1. The van der Waals surface area contributed by atoms with Gasteiger partial charge in [0.15, 0.2) is 5.82 Å². The molecule has 148 valence electrons. The van der Waals surface area contributed by atoms with Crippen molar-refractivity contribution in [1.82, 2.24) is 15.2 Å². The number of hydrogen-bond acceptors (Lipinski definition) is 5. The number of aromatic amines is 1. The Morgan fingerprint density at radius 3 is 2.62 bits per heavy atom. The Labute approximate surface area is 167 Å². The lowest BCUT2D eigenvalue weighted by Crippen LogP contribution is -2.27. The van der Waals surface area contributed by atoms with E-state index < -0.39 is 6.10 Å². The Balaban J connectivity index is 1.45. The second-order valence-corrected chi connectivity index (χ2v) is 6.85. The fraction of sp³-hybridized carbons (Fsp3) is 0.238. The average Bonchev–Trinajstić information content (AvgIpc) is 3.40. The van der Waals surface area contributed by atoms with Gasteiger partial charge in [-0.2, -0.15) is 5.10 Å². The summed E-state index contributed by atoms with van der Waals surface area (Å²) in [6, 6.07) is 14.1. The molecule has 8 heteroatoms. The van der Waals surface area contributed by atoms with E-state index in [1.165, 1.54) is 0 Å². The van der Waals surface area contributed by atoms with Crippen LogP contribution in [0.1, 0.15) is 29.0 Å². The molecule has 1 aromatic heterocycles. The summed E-state index contributed by atoms with van der Waals surface area (Å²) in [5, 5.41) is 12.6. The van der Waals surface area contributed by atoms with Crippen LogP contribution in [0, 0.1) is 6.92 Å². The Morgan fingerprint density at radius 2 is 1.90 bits per heavy atom. The van der Waals surface area contributed by atoms with Crippen molar-refractivity contribution in [2.45, 2.75) is 25.9 Å². The number of nitrogens with one attached hydrogen (secondary N) is 3. The topological polar surface area (TPSA) is 109 Å². The van der Waals surface area contributed by atoms with Gasteiger partial charge in [-0.15, -0.1) is 0 Å². The first-order chi connectivity index (χ1) is 14.1. The monoisotopic (exact) mass is 391 g/mol. The molecule has 0 bridgehead atoms. The van der Waals surface area contributed by atoms with E-state index in [9.17, 15) is 9.59 Å². The minimum atomic E-state index is -0.422. The number of anilines is 2. The van der Waals surface area contributed by atoms with Gasteiger partial charge < -0.3 is 15.4 Å². The van der Waals surface area contributed by atoms with Crippen LogP contribution >= 0.6 is 0 Å². The molecule has 0 radical (unpaired) electrons. The van der Waals surface area contributed by atoms with E-state index in [0.29, 0.717) is 35.8 Å². The van der Waals surface area contributed by atoms with Crippen LogP contribution in [0.2, 0.25) is 0 Å². The van der Waals surface area contributed by atoms with E-state index in [0.717, 1.165) is 17.8 Å². The maximum absolute atomic E-state index is 12.7. The standard InChI is InChI=1S/C21H21N5O3/c1-13-22-19(26-25-13)14-5-2-7-16(11-14)23-20(27)15-6-3-8-17(12-15)24-21(28)18-9-4-10-29-18/h2-3,5-8,11-12,18H,4,9-10H2,1H3,(H,23,27)(H,24,28)(H,22,25,26). The Kier molecular flexibility index (Phi) is 5.35. The van der Waals surface area contributed by atoms with E-state index in [2.05, 4.69) is 25.8 Å². The van der Waals surface area contributed by atoms with E-state index >= 15 is 0 Å². The van der Waals surface area contributed by atoms with Gasteiger partial charge in [0.25, 0.3) is 11.8 Å². The number of carbonyl (C=O) groups is 2. The van der Waals surface area contributed by atoms with Gasteiger partial charge in [-0.3, -0.25) is 14.7 Å². The van der Waals surface area contributed by atoms with E-state index in [4.69, 9.17) is 4.74 Å². The highest BCUT2D eigenvalue weighted by Crippen LogP contribution is 2.21. The van der Waals surface area contributed by atoms with Crippen molar-refractivity contribution >= 4 is 23.2 Å². The van der Waals surface area contributed by atoms with Gasteiger partial charge in [0.05, 0.1) is 0 Å². The Morgan fingerprint density at radius 1 is 1.10 bits per heavy atom. The average molecular weight is 391 g/mol. The molecule has 3 aromatic rings. The van der Waals surface area contributed by atoms with Crippen molar-refractivity contribution in [3.63, 3.8) is 0 Å². The molecule has 1 saturated heterocycles. The van der Waals surface area contributed by atoms with Crippen LogP contribution in [0.5, 0.6) is 0 Å². The minimum absolute atomic E-state index is 0.186. The zero-order valence-corrected chi connectivity index (χ0v) is 15.9. The first kappa shape index (κ1) is 18.8. The van der Waals surface area contributed by atoms with Gasteiger partial charge in [-0.25, -0.2) is 4.98 Å². The quantitative estimate of drug-likeness (QED) is 0.619. The van der Waals surface area contributed by atoms with Crippen molar-refractivity contribution in [3.05, 3.63) is 59.9 Å². The number of nitrogens with zero attached hydrogens (tertiary/aromatic N) is 2. The summed E-state index contributed by atoms with van der Waals surface area (Å²) in [5.41, 5.74) is 2.42. The van der Waals surface area contributed by atoms with Crippen LogP contribution in [-0.2, 0) is 9.53 Å². The van der Waals surface area contributed by atoms with Crippen molar-refractivity contribution < 1.29 is 14.3 Å². The molecule has 1 unspecified atom stereocenters. The third-order valence-electron chi connectivity index (χ3n) is 4.59. The first-order valence-corrected chi connectivity index (χ1v) is 9.42. The zero-order valence-electron chi connectivity index (χ0n) is 15.9. The van der Waals surface area contributed by atoms with Crippen molar-refractivity contribution in [2.75, 3.05) is 17.2 Å².